The number of rotatable bonds is 3. The summed E-state index contributed by atoms with van der Waals surface area (Å²) in [6, 6.07) is 10.2. The first-order valence-corrected chi connectivity index (χ1v) is 7.53. The second-order valence-electron chi connectivity index (χ2n) is 4.40. The van der Waals surface area contributed by atoms with E-state index in [1.807, 2.05) is 30.3 Å². The molecule has 2 N–H and O–H groups in total. The third kappa shape index (κ3) is 2.44. The Balaban J connectivity index is 2.26. The van der Waals surface area contributed by atoms with E-state index in [0.29, 0.717) is 11.5 Å². The van der Waals surface area contributed by atoms with Gasteiger partial charge in [0.1, 0.15) is 11.8 Å². The summed E-state index contributed by atoms with van der Waals surface area (Å²) in [5.41, 5.74) is 1.15. The van der Waals surface area contributed by atoms with E-state index < -0.39 is 9.84 Å². The van der Waals surface area contributed by atoms with E-state index in [9.17, 15) is 8.42 Å². The highest BCUT2D eigenvalue weighted by Crippen LogP contribution is 2.27. The molecule has 1 aromatic carbocycles. The van der Waals surface area contributed by atoms with Crippen LogP contribution in [0.1, 0.15) is 18.4 Å². The van der Waals surface area contributed by atoms with Crippen molar-refractivity contribution in [3.05, 3.63) is 35.9 Å². The molecule has 0 saturated carbocycles. The number of nitrogens with two attached hydrogens (primary N) is 1. The molecule has 88 valence electrons. The molecule has 1 fully saturated rings. The van der Waals surface area contributed by atoms with Crippen LogP contribution in [0.25, 0.3) is 0 Å². The van der Waals surface area contributed by atoms with Gasteiger partial charge in [-0.05, 0) is 12.5 Å². The van der Waals surface area contributed by atoms with Gasteiger partial charge in [-0.15, -0.1) is 0 Å². The Morgan fingerprint density at radius 2 is 1.94 bits per heavy atom. The molecule has 0 unspecified atom stereocenters. The number of sulfone groups is 1. The molecule has 0 bridgehead atoms. The van der Waals surface area contributed by atoms with E-state index in [-0.39, 0.29) is 12.0 Å². The van der Waals surface area contributed by atoms with Gasteiger partial charge in [-0.25, -0.2) is 8.42 Å². The van der Waals surface area contributed by atoms with Gasteiger partial charge in [0, 0.05) is 0 Å². The van der Waals surface area contributed by atoms with Crippen LogP contribution >= 0.6 is 0 Å². The first-order valence-electron chi connectivity index (χ1n) is 5.71. The van der Waals surface area contributed by atoms with Crippen LogP contribution in [0.3, 0.4) is 0 Å². The van der Waals surface area contributed by atoms with Crippen LogP contribution in [-0.2, 0) is 9.84 Å². The van der Waals surface area contributed by atoms with Crippen LogP contribution in [0.5, 0.6) is 0 Å². The van der Waals surface area contributed by atoms with E-state index >= 15 is 0 Å². The van der Waals surface area contributed by atoms with Crippen molar-refractivity contribution in [3.63, 3.8) is 0 Å². The Morgan fingerprint density at radius 3 is 2.56 bits per heavy atom. The molecular formula is C12H18NO2S+. The summed E-state index contributed by atoms with van der Waals surface area (Å²) in [5, 5.41) is 2.14. The number of hydrogen-bond acceptors (Lipinski definition) is 2. The van der Waals surface area contributed by atoms with Crippen LogP contribution in [0.4, 0.5) is 0 Å². The first-order chi connectivity index (χ1) is 7.62. The fraction of sp³-hybridized carbons (Fsp3) is 0.500. The van der Waals surface area contributed by atoms with E-state index in [4.69, 9.17) is 0 Å². The largest absolute Gasteiger partial charge is 0.343 e. The zero-order valence-corrected chi connectivity index (χ0v) is 10.3. The van der Waals surface area contributed by atoms with Gasteiger partial charge in [-0.2, -0.15) is 0 Å². The summed E-state index contributed by atoms with van der Waals surface area (Å²) in [6.07, 6.45) is 0. The smallest absolute Gasteiger partial charge is 0.156 e. The second kappa shape index (κ2) is 4.55. The predicted molar refractivity (Wildman–Crippen MR) is 64.1 cm³/mol. The Labute approximate surface area is 96.8 Å². The minimum absolute atomic E-state index is 0.158. The molecule has 16 heavy (non-hydrogen) atoms. The molecule has 2 rings (SSSR count). The van der Waals surface area contributed by atoms with Crippen molar-refractivity contribution in [1.29, 1.82) is 0 Å². The number of quaternary nitrogens is 1. The van der Waals surface area contributed by atoms with Crippen LogP contribution < -0.4 is 5.32 Å². The zero-order chi connectivity index (χ0) is 11.6. The van der Waals surface area contributed by atoms with Crippen LogP contribution in [0.15, 0.2) is 30.3 Å². The topological polar surface area (TPSA) is 50.8 Å². The average molecular weight is 240 g/mol. The molecule has 0 amide bonds. The van der Waals surface area contributed by atoms with Crippen LogP contribution in [-0.4, -0.2) is 32.5 Å². The van der Waals surface area contributed by atoms with Crippen molar-refractivity contribution in [2.75, 3.05) is 18.1 Å². The molecule has 4 heteroatoms. The molecule has 1 saturated heterocycles. The molecule has 1 aliphatic rings. The number of hydrogen-bond donors (Lipinski definition) is 1. The molecule has 0 aromatic heterocycles. The maximum Gasteiger partial charge on any atom is 0.156 e. The summed E-state index contributed by atoms with van der Waals surface area (Å²) in [6.45, 7) is 3.00. The minimum atomic E-state index is -2.85. The highest BCUT2D eigenvalue weighted by Gasteiger charge is 2.40. The van der Waals surface area contributed by atoms with Gasteiger partial charge in [-0.3, -0.25) is 0 Å². The molecule has 0 radical (unpaired) electrons. The lowest BCUT2D eigenvalue weighted by Gasteiger charge is -2.15. The molecule has 0 spiro atoms. The van der Waals surface area contributed by atoms with Crippen molar-refractivity contribution >= 4 is 9.84 Å². The zero-order valence-electron chi connectivity index (χ0n) is 9.46. The fourth-order valence-electron chi connectivity index (χ4n) is 2.45. The average Bonchev–Trinajstić information content (AvgIpc) is 2.56. The summed E-state index contributed by atoms with van der Waals surface area (Å²) in [4.78, 5) is 0. The molecule has 1 aliphatic heterocycles. The van der Waals surface area contributed by atoms with Gasteiger partial charge >= 0.3 is 0 Å². The van der Waals surface area contributed by atoms with Crippen molar-refractivity contribution in [3.8, 4) is 0 Å². The van der Waals surface area contributed by atoms with E-state index in [1.165, 1.54) is 0 Å². The summed E-state index contributed by atoms with van der Waals surface area (Å²) in [5.74, 6) is 0.782. The quantitative estimate of drug-likeness (QED) is 0.817. The second-order valence-corrected chi connectivity index (χ2v) is 6.56. The Morgan fingerprint density at radius 1 is 1.25 bits per heavy atom. The van der Waals surface area contributed by atoms with Gasteiger partial charge < -0.3 is 5.32 Å². The molecule has 2 atom stereocenters. The third-order valence-corrected chi connectivity index (χ3v) is 4.92. The van der Waals surface area contributed by atoms with E-state index in [2.05, 4.69) is 12.2 Å². The first kappa shape index (κ1) is 11.6. The fourth-order valence-corrected chi connectivity index (χ4v) is 4.53. The molecular weight excluding hydrogens is 222 g/mol. The van der Waals surface area contributed by atoms with Crippen molar-refractivity contribution in [2.45, 2.75) is 18.9 Å². The minimum Gasteiger partial charge on any atom is -0.343 e. The van der Waals surface area contributed by atoms with Gasteiger partial charge in [-0.1, -0.05) is 30.3 Å². The number of benzene rings is 1. The predicted octanol–water partition coefficient (Wildman–Crippen LogP) is 0.151. The monoisotopic (exact) mass is 240 g/mol. The Hall–Kier alpha value is -0.870. The maximum absolute atomic E-state index is 11.7. The summed E-state index contributed by atoms with van der Waals surface area (Å²) < 4.78 is 23.4. The van der Waals surface area contributed by atoms with E-state index in [1.54, 1.807) is 0 Å². The van der Waals surface area contributed by atoms with Gasteiger partial charge in [0.15, 0.2) is 9.84 Å². The lowest BCUT2D eigenvalue weighted by Crippen LogP contribution is -2.91. The molecule has 0 aliphatic carbocycles. The highest BCUT2D eigenvalue weighted by molar-refractivity contribution is 7.91. The van der Waals surface area contributed by atoms with Crippen LogP contribution in [0.2, 0.25) is 0 Å². The molecule has 1 aromatic rings. The Bertz CT molecular complexity index is 441. The van der Waals surface area contributed by atoms with Crippen LogP contribution in [0, 0.1) is 0 Å². The van der Waals surface area contributed by atoms with E-state index in [0.717, 1.165) is 12.1 Å². The maximum atomic E-state index is 11.7. The lowest BCUT2D eigenvalue weighted by molar-refractivity contribution is -0.683. The van der Waals surface area contributed by atoms with Gasteiger partial charge in [0.05, 0.1) is 18.2 Å². The summed E-state index contributed by atoms with van der Waals surface area (Å²) >= 11 is 0. The standard InChI is InChI=1S/C12H17NO2S/c1-2-13-12-9-16(14,15)8-11(12)10-6-4-3-5-7-10/h3-7,11-13H,2,8-9H2,1H3/p+1/t11-,12+/m1/s1. The SMILES string of the molecule is CC[NH2+][C@H]1CS(=O)(=O)C[C@@H]1c1ccccc1. The molecule has 3 nitrogen and oxygen atoms in total. The van der Waals surface area contributed by atoms with Gasteiger partial charge in [0.2, 0.25) is 0 Å². The lowest BCUT2D eigenvalue weighted by atomic mass is 9.94. The summed E-state index contributed by atoms with van der Waals surface area (Å²) in [7, 11) is -2.85. The van der Waals surface area contributed by atoms with Crippen molar-refractivity contribution in [1.82, 2.24) is 0 Å². The normalized spacial score (nSPS) is 28.1. The Kier molecular flexibility index (Phi) is 3.30. The number of likely N-dealkylation sites (N-methyl/N-ethyl adjacent to an activating group) is 1. The third-order valence-electron chi connectivity index (χ3n) is 3.16. The van der Waals surface area contributed by atoms with Gasteiger partial charge in [0.25, 0.3) is 0 Å². The van der Waals surface area contributed by atoms with Crippen molar-refractivity contribution < 1.29 is 13.7 Å². The molecule has 1 heterocycles. The van der Waals surface area contributed by atoms with Crippen molar-refractivity contribution in [2.24, 2.45) is 0 Å². The highest BCUT2D eigenvalue weighted by atomic mass is 32.2.